The zero-order valence-electron chi connectivity index (χ0n) is 8.18. The van der Waals surface area contributed by atoms with Gasteiger partial charge in [0.25, 0.3) is 0 Å². The van der Waals surface area contributed by atoms with Crippen molar-refractivity contribution in [2.75, 3.05) is 6.54 Å². The summed E-state index contributed by atoms with van der Waals surface area (Å²) in [4.78, 5) is 35.2. The lowest BCUT2D eigenvalue weighted by atomic mass is 9.86. The van der Waals surface area contributed by atoms with E-state index in [4.69, 9.17) is 5.73 Å². The minimum Gasteiger partial charge on any atom is -0.368 e. The SMILES string of the molecule is NC(=O)CN1C(=O)C2C=CCCC2C1=O. The van der Waals surface area contributed by atoms with Crippen LogP contribution in [0.15, 0.2) is 12.2 Å². The molecule has 0 aromatic carbocycles. The highest BCUT2D eigenvalue weighted by Gasteiger charge is 2.46. The van der Waals surface area contributed by atoms with Gasteiger partial charge in [0.1, 0.15) is 6.54 Å². The van der Waals surface area contributed by atoms with Crippen LogP contribution in [0.2, 0.25) is 0 Å². The molecule has 5 nitrogen and oxygen atoms in total. The van der Waals surface area contributed by atoms with Crippen molar-refractivity contribution in [3.05, 3.63) is 12.2 Å². The Bertz CT molecular complexity index is 362. The first-order valence-corrected chi connectivity index (χ1v) is 4.91. The van der Waals surface area contributed by atoms with E-state index in [1.54, 1.807) is 6.08 Å². The second-order valence-electron chi connectivity index (χ2n) is 3.87. The molecule has 0 bridgehead atoms. The normalized spacial score (nSPS) is 29.5. The fourth-order valence-electron chi connectivity index (χ4n) is 2.16. The number of hydrogen-bond donors (Lipinski definition) is 1. The molecule has 2 atom stereocenters. The van der Waals surface area contributed by atoms with Crippen molar-refractivity contribution in [3.8, 4) is 0 Å². The number of rotatable bonds is 2. The molecule has 2 N–H and O–H groups in total. The Hall–Kier alpha value is -1.65. The number of hydrogen-bond acceptors (Lipinski definition) is 3. The zero-order chi connectivity index (χ0) is 11.0. The molecular weight excluding hydrogens is 196 g/mol. The van der Waals surface area contributed by atoms with Gasteiger partial charge in [0.05, 0.1) is 11.8 Å². The standard InChI is InChI=1S/C10H12N2O3/c11-8(13)5-12-9(14)6-3-1-2-4-7(6)10(12)15/h1,3,6-7H,2,4-5H2,(H2,11,13). The molecular formula is C10H12N2O3. The number of nitrogens with two attached hydrogens (primary N) is 1. The fraction of sp³-hybridized carbons (Fsp3) is 0.500. The second kappa shape index (κ2) is 3.49. The van der Waals surface area contributed by atoms with E-state index in [1.807, 2.05) is 6.08 Å². The highest BCUT2D eigenvalue weighted by atomic mass is 16.2. The molecule has 2 aliphatic rings. The third kappa shape index (κ3) is 1.54. The van der Waals surface area contributed by atoms with Crippen molar-refractivity contribution in [1.29, 1.82) is 0 Å². The predicted molar refractivity (Wildman–Crippen MR) is 51.3 cm³/mol. The van der Waals surface area contributed by atoms with Gasteiger partial charge in [-0.2, -0.15) is 0 Å². The summed E-state index contributed by atoms with van der Waals surface area (Å²) in [6, 6.07) is 0. The Balaban J connectivity index is 2.23. The molecule has 0 spiro atoms. The van der Waals surface area contributed by atoms with Crippen LogP contribution in [0.3, 0.4) is 0 Å². The molecule has 0 aromatic rings. The molecule has 3 amide bonds. The summed E-state index contributed by atoms with van der Waals surface area (Å²) >= 11 is 0. The first-order chi connectivity index (χ1) is 7.11. The summed E-state index contributed by atoms with van der Waals surface area (Å²) in [5.74, 6) is -1.85. The fourth-order valence-corrected chi connectivity index (χ4v) is 2.16. The predicted octanol–water partition coefficient (Wildman–Crippen LogP) is -0.577. The summed E-state index contributed by atoms with van der Waals surface area (Å²) in [6.45, 7) is -0.293. The number of carbonyl (C=O) groups is 3. The largest absolute Gasteiger partial charge is 0.368 e. The van der Waals surface area contributed by atoms with Gasteiger partial charge in [0.15, 0.2) is 0 Å². The van der Waals surface area contributed by atoms with E-state index < -0.39 is 5.91 Å². The van der Waals surface area contributed by atoms with Crippen LogP contribution in [0.1, 0.15) is 12.8 Å². The molecule has 2 unspecified atom stereocenters. The molecule has 1 heterocycles. The summed E-state index contributed by atoms with van der Waals surface area (Å²) in [7, 11) is 0. The second-order valence-corrected chi connectivity index (χ2v) is 3.87. The van der Waals surface area contributed by atoms with Gasteiger partial charge in [0.2, 0.25) is 17.7 Å². The van der Waals surface area contributed by atoms with E-state index in [-0.39, 0.29) is 30.2 Å². The Morgan fingerprint density at radius 2 is 2.20 bits per heavy atom. The van der Waals surface area contributed by atoms with Gasteiger partial charge < -0.3 is 5.73 Å². The highest BCUT2D eigenvalue weighted by Crippen LogP contribution is 2.33. The number of primary amides is 1. The summed E-state index contributed by atoms with van der Waals surface area (Å²) in [6.07, 6.45) is 5.15. The lowest BCUT2D eigenvalue weighted by Gasteiger charge is -2.14. The van der Waals surface area contributed by atoms with Crippen LogP contribution in [-0.2, 0) is 14.4 Å². The minimum atomic E-state index is -0.653. The average molecular weight is 208 g/mol. The van der Waals surface area contributed by atoms with Gasteiger partial charge in [-0.05, 0) is 12.8 Å². The lowest BCUT2D eigenvalue weighted by molar-refractivity contribution is -0.142. The van der Waals surface area contributed by atoms with Crippen LogP contribution in [0.4, 0.5) is 0 Å². The summed E-state index contributed by atoms with van der Waals surface area (Å²) < 4.78 is 0. The Labute approximate surface area is 86.9 Å². The number of imide groups is 1. The molecule has 0 saturated carbocycles. The van der Waals surface area contributed by atoms with Gasteiger partial charge in [-0.15, -0.1) is 0 Å². The van der Waals surface area contributed by atoms with Crippen molar-refractivity contribution < 1.29 is 14.4 Å². The molecule has 0 aromatic heterocycles. The maximum atomic E-state index is 11.7. The van der Waals surface area contributed by atoms with Gasteiger partial charge in [-0.25, -0.2) is 0 Å². The van der Waals surface area contributed by atoms with Crippen LogP contribution < -0.4 is 5.73 Å². The molecule has 80 valence electrons. The Morgan fingerprint density at radius 3 is 2.80 bits per heavy atom. The van der Waals surface area contributed by atoms with E-state index in [9.17, 15) is 14.4 Å². The van der Waals surface area contributed by atoms with E-state index >= 15 is 0 Å². The Kier molecular flexibility index (Phi) is 2.30. The molecule has 5 heteroatoms. The third-order valence-electron chi connectivity index (χ3n) is 2.87. The number of amides is 3. The lowest BCUT2D eigenvalue weighted by Crippen LogP contribution is -2.38. The maximum absolute atomic E-state index is 11.7. The molecule has 0 radical (unpaired) electrons. The number of likely N-dealkylation sites (tertiary alicyclic amines) is 1. The van der Waals surface area contributed by atoms with E-state index in [0.717, 1.165) is 11.3 Å². The van der Waals surface area contributed by atoms with E-state index in [0.29, 0.717) is 6.42 Å². The van der Waals surface area contributed by atoms with Crippen LogP contribution in [0, 0.1) is 11.8 Å². The van der Waals surface area contributed by atoms with E-state index in [2.05, 4.69) is 0 Å². The zero-order valence-corrected chi connectivity index (χ0v) is 8.18. The first kappa shape index (κ1) is 9.89. The van der Waals surface area contributed by atoms with Crippen molar-refractivity contribution in [2.24, 2.45) is 17.6 Å². The highest BCUT2D eigenvalue weighted by molar-refractivity contribution is 6.08. The molecule has 1 aliphatic heterocycles. The molecule has 1 fully saturated rings. The number of allylic oxidation sites excluding steroid dienone is 1. The van der Waals surface area contributed by atoms with Crippen LogP contribution in [0.25, 0.3) is 0 Å². The average Bonchev–Trinajstić information content (AvgIpc) is 2.44. The van der Waals surface area contributed by atoms with Crippen molar-refractivity contribution in [3.63, 3.8) is 0 Å². The first-order valence-electron chi connectivity index (χ1n) is 4.91. The van der Waals surface area contributed by atoms with Crippen molar-refractivity contribution >= 4 is 17.7 Å². The molecule has 1 aliphatic carbocycles. The van der Waals surface area contributed by atoms with Gasteiger partial charge in [-0.1, -0.05) is 12.2 Å². The smallest absolute Gasteiger partial charge is 0.237 e. The van der Waals surface area contributed by atoms with Crippen molar-refractivity contribution in [2.45, 2.75) is 12.8 Å². The maximum Gasteiger partial charge on any atom is 0.237 e. The van der Waals surface area contributed by atoms with Crippen LogP contribution in [-0.4, -0.2) is 29.2 Å². The Morgan fingerprint density at radius 1 is 1.47 bits per heavy atom. The van der Waals surface area contributed by atoms with Gasteiger partial charge in [0, 0.05) is 0 Å². The quantitative estimate of drug-likeness (QED) is 0.487. The molecule has 2 rings (SSSR count). The number of carbonyl (C=O) groups excluding carboxylic acids is 3. The third-order valence-corrected chi connectivity index (χ3v) is 2.87. The van der Waals surface area contributed by atoms with E-state index in [1.165, 1.54) is 0 Å². The number of fused-ring (bicyclic) bond motifs is 1. The topological polar surface area (TPSA) is 80.5 Å². The molecule has 1 saturated heterocycles. The van der Waals surface area contributed by atoms with Gasteiger partial charge in [-0.3, -0.25) is 19.3 Å². The van der Waals surface area contributed by atoms with Crippen molar-refractivity contribution in [1.82, 2.24) is 4.90 Å². The number of nitrogens with zero attached hydrogens (tertiary/aromatic N) is 1. The van der Waals surface area contributed by atoms with Crippen LogP contribution >= 0.6 is 0 Å². The minimum absolute atomic E-state index is 0.256. The van der Waals surface area contributed by atoms with Crippen LogP contribution in [0.5, 0.6) is 0 Å². The summed E-state index contributed by atoms with van der Waals surface area (Å²) in [5, 5.41) is 0. The van der Waals surface area contributed by atoms with Gasteiger partial charge >= 0.3 is 0 Å². The molecule has 15 heavy (non-hydrogen) atoms. The summed E-state index contributed by atoms with van der Waals surface area (Å²) in [5.41, 5.74) is 4.98. The monoisotopic (exact) mass is 208 g/mol.